The molecule has 12 atom stereocenters. The first-order valence-electron chi connectivity index (χ1n) is 43.9. The monoisotopic (exact) mass is 1390 g/mol. The Bertz CT molecular complexity index is 2120. The molecule has 14 aliphatic heterocycles. The number of likely N-dealkylation sites (tertiary alicyclic amines) is 7. The second-order valence-electron chi connectivity index (χ2n) is 36.4. The molecule has 1 aromatic rings. The van der Waals surface area contributed by atoms with Crippen molar-refractivity contribution in [2.45, 2.75) is 383 Å². The Morgan fingerprint density at radius 3 is 1.01 bits per heavy atom. The van der Waals surface area contributed by atoms with E-state index in [1.165, 1.54) is 355 Å². The van der Waals surface area contributed by atoms with Gasteiger partial charge in [-0.3, -0.25) is 9.80 Å². The van der Waals surface area contributed by atoms with E-state index in [9.17, 15) is 0 Å². The van der Waals surface area contributed by atoms with E-state index < -0.39 is 0 Å². The summed E-state index contributed by atoms with van der Waals surface area (Å²) in [6, 6.07) is 21.4. The lowest BCUT2D eigenvalue weighted by molar-refractivity contribution is 0.0943. The largest absolute Gasteiger partial charge is 0.314 e. The van der Waals surface area contributed by atoms with Crippen molar-refractivity contribution in [1.29, 1.82) is 0 Å². The van der Waals surface area contributed by atoms with E-state index in [1.807, 2.05) is 0 Å². The molecule has 0 radical (unpaired) electrons. The summed E-state index contributed by atoms with van der Waals surface area (Å²) in [6.45, 7) is 49.3. The zero-order chi connectivity index (χ0) is 70.4. The molecule has 14 fully saturated rings. The smallest absolute Gasteiger partial charge is 0.0221 e. The van der Waals surface area contributed by atoms with E-state index in [-0.39, 0.29) is 0 Å². The fraction of sp³-hybridized carbons (Fsp3) is 0.930. The first-order chi connectivity index (χ1) is 48.5. The third-order valence-corrected chi connectivity index (χ3v) is 26.7. The van der Waals surface area contributed by atoms with Crippen LogP contribution in [0.3, 0.4) is 0 Å². The van der Waals surface area contributed by atoms with Crippen LogP contribution in [0.4, 0.5) is 0 Å². The molecule has 14 heteroatoms. The van der Waals surface area contributed by atoms with Crippen molar-refractivity contribution >= 4 is 0 Å². The Kier molecular flexibility index (Phi) is 37.1. The molecular weight excluding hydrogens is 1230 g/mol. The molecule has 0 bridgehead atoms. The molecular formula is C86H164N14. The van der Waals surface area contributed by atoms with Gasteiger partial charge in [0.2, 0.25) is 0 Å². The normalized spacial score (nSPS) is 35.8. The number of rotatable bonds is 8. The summed E-state index contributed by atoms with van der Waals surface area (Å²) in [5.74, 6) is 0.780. The van der Waals surface area contributed by atoms with Crippen LogP contribution in [0, 0.1) is 0 Å². The molecule has 1 aromatic carbocycles. The van der Waals surface area contributed by atoms with E-state index in [1.54, 1.807) is 0 Å². The van der Waals surface area contributed by atoms with Crippen LogP contribution in [-0.2, 0) is 0 Å². The van der Waals surface area contributed by atoms with Crippen LogP contribution in [0.1, 0.15) is 299 Å². The SMILES string of the molecule is CC1(C)CC(N2CCC(c3ccccc3)CC2)CCN1.CC1(C)CCC(N2CCCCC2)CN1.CC1CC(N2CCCCC2)CC(C)N1.CC1CC(N2CCCCC2)CCN1.CC1CCC(N2CCCCC2)CN1.C[C@@H]1CC(N2CCCCC2)CCN1.C[C@H]1CC(N2CCCCC2)CCN1. The molecule has 578 valence electrons. The van der Waals surface area contributed by atoms with E-state index in [0.717, 1.165) is 72.4 Å². The third-order valence-electron chi connectivity index (χ3n) is 26.7. The van der Waals surface area contributed by atoms with E-state index in [2.05, 4.69) is 171 Å². The van der Waals surface area contributed by atoms with Gasteiger partial charge in [-0.05, 0) is 378 Å². The number of piperidine rings is 14. The van der Waals surface area contributed by atoms with Gasteiger partial charge in [0.25, 0.3) is 0 Å². The highest BCUT2D eigenvalue weighted by Crippen LogP contribution is 2.33. The van der Waals surface area contributed by atoms with Gasteiger partial charge in [-0.25, -0.2) is 0 Å². The number of hydrogen-bond acceptors (Lipinski definition) is 14. The van der Waals surface area contributed by atoms with Gasteiger partial charge in [0.15, 0.2) is 0 Å². The summed E-state index contributed by atoms with van der Waals surface area (Å²) >= 11 is 0. The van der Waals surface area contributed by atoms with Crippen molar-refractivity contribution in [1.82, 2.24) is 71.5 Å². The van der Waals surface area contributed by atoms with E-state index in [0.29, 0.717) is 23.2 Å². The average Bonchev–Trinajstić information content (AvgIpc) is 0.838. The molecule has 0 amide bonds. The van der Waals surface area contributed by atoms with Crippen molar-refractivity contribution < 1.29 is 0 Å². The molecule has 7 N–H and O–H groups in total. The summed E-state index contributed by atoms with van der Waals surface area (Å²) < 4.78 is 0. The Morgan fingerprint density at radius 1 is 0.290 bits per heavy atom. The average molecular weight is 1390 g/mol. The number of benzene rings is 1. The summed E-state index contributed by atoms with van der Waals surface area (Å²) in [7, 11) is 0. The number of hydrogen-bond donors (Lipinski definition) is 7. The van der Waals surface area contributed by atoms with Gasteiger partial charge in [0, 0.05) is 103 Å². The van der Waals surface area contributed by atoms with E-state index in [4.69, 9.17) is 0 Å². The predicted molar refractivity (Wildman–Crippen MR) is 430 cm³/mol. The van der Waals surface area contributed by atoms with Crippen LogP contribution >= 0.6 is 0 Å². The number of nitrogens with one attached hydrogen (secondary N) is 7. The molecule has 14 saturated heterocycles. The summed E-state index contributed by atoms with van der Waals surface area (Å²) in [6.07, 6.45) is 47.5. The molecule has 14 nitrogen and oxygen atoms in total. The fourth-order valence-electron chi connectivity index (χ4n) is 20.5. The predicted octanol–water partition coefficient (Wildman–Crippen LogP) is 13.9. The molecule has 100 heavy (non-hydrogen) atoms. The first-order valence-corrected chi connectivity index (χ1v) is 43.9. The number of nitrogens with zero attached hydrogens (tertiary/aromatic N) is 7. The van der Waals surface area contributed by atoms with Crippen molar-refractivity contribution in [3.8, 4) is 0 Å². The van der Waals surface area contributed by atoms with Gasteiger partial charge in [-0.15, -0.1) is 0 Å². The Morgan fingerprint density at radius 2 is 0.650 bits per heavy atom. The van der Waals surface area contributed by atoms with Gasteiger partial charge in [0.1, 0.15) is 0 Å². The lowest BCUT2D eigenvalue weighted by Gasteiger charge is -2.44. The maximum Gasteiger partial charge on any atom is 0.0221 e. The molecule has 14 aliphatic rings. The zero-order valence-electron chi connectivity index (χ0n) is 67.3. The molecule has 14 heterocycles. The minimum atomic E-state index is 0.319. The second kappa shape index (κ2) is 44.8. The van der Waals surface area contributed by atoms with Crippen LogP contribution in [0.15, 0.2) is 30.3 Å². The van der Waals surface area contributed by atoms with Gasteiger partial charge in [-0.2, -0.15) is 0 Å². The summed E-state index contributed by atoms with van der Waals surface area (Å²) in [4.78, 5) is 19.1. The molecule has 0 spiro atoms. The minimum absolute atomic E-state index is 0.319. The quantitative estimate of drug-likeness (QED) is 0.134. The maximum absolute atomic E-state index is 3.66. The van der Waals surface area contributed by atoms with Crippen molar-refractivity contribution in [2.75, 3.05) is 131 Å². The van der Waals surface area contributed by atoms with Crippen LogP contribution in [0.25, 0.3) is 0 Å². The van der Waals surface area contributed by atoms with Crippen LogP contribution in [0.5, 0.6) is 0 Å². The Labute approximate surface area is 618 Å². The van der Waals surface area contributed by atoms with Crippen LogP contribution in [-0.4, -0.2) is 255 Å². The highest BCUT2D eigenvalue weighted by atomic mass is 15.2. The fourth-order valence-corrected chi connectivity index (χ4v) is 20.5. The first kappa shape index (κ1) is 82.7. The van der Waals surface area contributed by atoms with Gasteiger partial charge in [0.05, 0.1) is 0 Å². The maximum atomic E-state index is 3.66. The highest BCUT2D eigenvalue weighted by molar-refractivity contribution is 5.20. The van der Waals surface area contributed by atoms with Crippen LogP contribution in [0.2, 0.25) is 0 Å². The molecule has 10 unspecified atom stereocenters. The lowest BCUT2D eigenvalue weighted by Crippen LogP contribution is -2.54. The molecule has 0 aromatic heterocycles. The van der Waals surface area contributed by atoms with Crippen LogP contribution < -0.4 is 37.2 Å². The third kappa shape index (κ3) is 29.7. The Hall–Kier alpha value is -1.34. The minimum Gasteiger partial charge on any atom is -0.314 e. The van der Waals surface area contributed by atoms with Crippen molar-refractivity contribution in [3.05, 3.63) is 35.9 Å². The van der Waals surface area contributed by atoms with Crippen molar-refractivity contribution in [3.63, 3.8) is 0 Å². The zero-order valence-corrected chi connectivity index (χ0v) is 67.3. The Balaban J connectivity index is 0.000000137. The summed E-state index contributed by atoms with van der Waals surface area (Å²) in [5.41, 5.74) is 2.24. The topological polar surface area (TPSA) is 107 Å². The van der Waals surface area contributed by atoms with Crippen molar-refractivity contribution in [2.24, 2.45) is 0 Å². The standard InChI is InChI=1S/C18H28N2.2C12H24N2.4C11H22N2/c1-18(2)14-17(8-11-19-18)20-12-9-16(10-13-20)15-6-4-3-5-7-15;1-12(2)7-6-11(10-13-12)14-8-4-3-5-9-14;1-10-8-12(9-11(2)13-10)14-6-4-3-5-7-14;3*1-10-9-11(5-6-12-10)13-7-3-2-4-8-13;1-10-5-6-11(9-12-10)13-7-3-2-4-8-13/h3-7,16-17,19H,8-14H2,1-2H3;11,13H,3-10H2,1-2H3;10-13H,3-9H2,1-2H3;4*10-12H,2-9H2,1H3/t;;;2*10-,11?;;/m...10../s1. The van der Waals surface area contributed by atoms with Gasteiger partial charge in [-0.1, -0.05) is 68.9 Å². The molecule has 0 saturated carbocycles. The summed E-state index contributed by atoms with van der Waals surface area (Å²) in [5, 5.41) is 25.1. The van der Waals surface area contributed by atoms with E-state index >= 15 is 0 Å². The highest BCUT2D eigenvalue weighted by Gasteiger charge is 2.36. The molecule has 15 rings (SSSR count). The second-order valence-corrected chi connectivity index (χ2v) is 36.4. The van der Waals surface area contributed by atoms with Gasteiger partial charge >= 0.3 is 0 Å². The molecule has 0 aliphatic carbocycles. The lowest BCUT2D eigenvalue weighted by atomic mass is 9.85. The van der Waals surface area contributed by atoms with Gasteiger partial charge < -0.3 is 61.7 Å².